The largest absolute Gasteiger partial charge is 0.336 e. The van der Waals surface area contributed by atoms with E-state index < -0.39 is 10.8 Å². The predicted molar refractivity (Wildman–Crippen MR) is 85.4 cm³/mol. The fraction of sp³-hybridized carbons (Fsp3) is 0.500. The van der Waals surface area contributed by atoms with Crippen LogP contribution in [-0.4, -0.2) is 64.6 Å². The number of piperazine rings is 1. The van der Waals surface area contributed by atoms with Crippen molar-refractivity contribution in [2.45, 2.75) is 0 Å². The Balaban J connectivity index is 1.89. The Hall–Kier alpha value is -0.720. The minimum absolute atomic E-state index is 0.0798. The predicted octanol–water partition coefficient (Wildman–Crippen LogP) is 1.59. The molecule has 1 saturated heterocycles. The molecule has 4 nitrogen and oxygen atoms in total. The number of rotatable bonds is 4. The average molecular weight is 359 g/mol. The summed E-state index contributed by atoms with van der Waals surface area (Å²) in [5.74, 6) is 0.786. The minimum atomic E-state index is -0.746. The summed E-state index contributed by atoms with van der Waals surface area (Å²) in [6, 6.07) is 7.52. The summed E-state index contributed by atoms with van der Waals surface area (Å²) in [4.78, 5) is 16.6. The maximum absolute atomic E-state index is 12.4. The van der Waals surface area contributed by atoms with Crippen LogP contribution < -0.4 is 0 Å². The van der Waals surface area contributed by atoms with Crippen molar-refractivity contribution in [1.29, 1.82) is 0 Å². The van der Waals surface area contributed by atoms with Gasteiger partial charge < -0.3 is 4.90 Å². The quantitative estimate of drug-likeness (QED) is 0.820. The highest BCUT2D eigenvalue weighted by Crippen LogP contribution is 2.18. The Morgan fingerprint density at radius 3 is 2.50 bits per heavy atom. The molecular formula is C14H19BrN2O2S. The summed E-state index contributed by atoms with van der Waals surface area (Å²) in [5.41, 5.74) is 0.718. The van der Waals surface area contributed by atoms with Crippen LogP contribution >= 0.6 is 15.9 Å². The van der Waals surface area contributed by atoms with Crippen molar-refractivity contribution in [1.82, 2.24) is 9.80 Å². The normalized spacial score (nSPS) is 18.0. The summed E-state index contributed by atoms with van der Waals surface area (Å²) in [6.45, 7) is 4.02. The number of hydrogen-bond donors (Lipinski definition) is 0. The molecule has 20 heavy (non-hydrogen) atoms. The topological polar surface area (TPSA) is 40.6 Å². The van der Waals surface area contributed by atoms with E-state index in [-0.39, 0.29) is 5.91 Å². The van der Waals surface area contributed by atoms with Gasteiger partial charge in [0.05, 0.1) is 5.56 Å². The van der Waals surface area contributed by atoms with Gasteiger partial charge in [0, 0.05) is 60.0 Å². The van der Waals surface area contributed by atoms with E-state index in [4.69, 9.17) is 0 Å². The van der Waals surface area contributed by atoms with E-state index >= 15 is 0 Å². The molecular weight excluding hydrogens is 340 g/mol. The lowest BCUT2D eigenvalue weighted by Gasteiger charge is -2.34. The lowest BCUT2D eigenvalue weighted by atomic mass is 10.2. The third-order valence-electron chi connectivity index (χ3n) is 3.46. The first kappa shape index (κ1) is 15.7. The number of amides is 1. The van der Waals surface area contributed by atoms with Gasteiger partial charge in [-0.15, -0.1) is 0 Å². The van der Waals surface area contributed by atoms with Crippen molar-refractivity contribution in [3.05, 3.63) is 34.3 Å². The molecule has 110 valence electrons. The maximum atomic E-state index is 12.4. The molecule has 1 atom stereocenters. The summed E-state index contributed by atoms with van der Waals surface area (Å²) < 4.78 is 11.9. The van der Waals surface area contributed by atoms with Gasteiger partial charge in [0.15, 0.2) is 0 Å². The summed E-state index contributed by atoms with van der Waals surface area (Å²) in [7, 11) is -0.746. The molecule has 0 unspecified atom stereocenters. The molecule has 0 N–H and O–H groups in total. The number of hydrogen-bond acceptors (Lipinski definition) is 3. The summed E-state index contributed by atoms with van der Waals surface area (Å²) in [6.07, 6.45) is 1.73. The highest BCUT2D eigenvalue weighted by atomic mass is 79.9. The van der Waals surface area contributed by atoms with Gasteiger partial charge in [-0.2, -0.15) is 0 Å². The lowest BCUT2D eigenvalue weighted by Crippen LogP contribution is -2.49. The second-order valence-electron chi connectivity index (χ2n) is 4.89. The van der Waals surface area contributed by atoms with Gasteiger partial charge in [-0.25, -0.2) is 0 Å². The molecule has 6 heteroatoms. The minimum Gasteiger partial charge on any atom is -0.336 e. The Morgan fingerprint density at radius 2 is 1.90 bits per heavy atom. The van der Waals surface area contributed by atoms with Crippen molar-refractivity contribution < 1.29 is 9.00 Å². The van der Waals surface area contributed by atoms with Gasteiger partial charge >= 0.3 is 0 Å². The van der Waals surface area contributed by atoms with Crippen LogP contribution in [0.3, 0.4) is 0 Å². The van der Waals surface area contributed by atoms with Crippen molar-refractivity contribution in [2.24, 2.45) is 0 Å². The molecule has 0 bridgehead atoms. The molecule has 0 aromatic heterocycles. The first-order valence-corrected chi connectivity index (χ1v) is 9.16. The zero-order valence-electron chi connectivity index (χ0n) is 11.5. The number of nitrogens with zero attached hydrogens (tertiary/aromatic N) is 2. The average Bonchev–Trinajstić information content (AvgIpc) is 2.45. The second kappa shape index (κ2) is 7.33. The van der Waals surface area contributed by atoms with E-state index in [1.165, 1.54) is 0 Å². The lowest BCUT2D eigenvalue weighted by molar-refractivity contribution is 0.0643. The van der Waals surface area contributed by atoms with Crippen LogP contribution in [0.1, 0.15) is 10.4 Å². The third-order valence-corrected chi connectivity index (χ3v) is 4.91. The van der Waals surface area contributed by atoms with Crippen molar-refractivity contribution in [3.63, 3.8) is 0 Å². The monoisotopic (exact) mass is 358 g/mol. The molecule has 1 amide bonds. The molecule has 1 heterocycles. The van der Waals surface area contributed by atoms with Gasteiger partial charge in [-0.3, -0.25) is 13.9 Å². The standard InChI is InChI=1S/C14H19BrN2O2S/c1-20(19)11-10-16-6-8-17(9-7-16)14(18)12-4-2-3-5-13(12)15/h2-5H,6-11H2,1H3/t20-/m1/s1. The van der Waals surface area contributed by atoms with Crippen LogP contribution in [0.15, 0.2) is 28.7 Å². The Bertz CT molecular complexity index is 502. The fourth-order valence-corrected chi connectivity index (χ4v) is 3.21. The van der Waals surface area contributed by atoms with E-state index in [0.29, 0.717) is 5.75 Å². The molecule has 1 aromatic carbocycles. The Labute approximate surface area is 130 Å². The smallest absolute Gasteiger partial charge is 0.255 e. The molecule has 1 aromatic rings. The van der Waals surface area contributed by atoms with Crippen LogP contribution in [-0.2, 0) is 10.8 Å². The summed E-state index contributed by atoms with van der Waals surface area (Å²) >= 11 is 3.42. The summed E-state index contributed by atoms with van der Waals surface area (Å²) in [5, 5.41) is 0. The van der Waals surface area contributed by atoms with Crippen LogP contribution in [0.25, 0.3) is 0 Å². The Kier molecular flexibility index (Phi) is 5.74. The van der Waals surface area contributed by atoms with E-state index in [9.17, 15) is 9.00 Å². The molecule has 0 radical (unpaired) electrons. The van der Waals surface area contributed by atoms with Crippen LogP contribution in [0, 0.1) is 0 Å². The zero-order chi connectivity index (χ0) is 14.5. The van der Waals surface area contributed by atoms with Crippen LogP contribution in [0.2, 0.25) is 0 Å². The third kappa shape index (κ3) is 4.14. The highest BCUT2D eigenvalue weighted by molar-refractivity contribution is 9.10. The van der Waals surface area contributed by atoms with Gasteiger partial charge in [0.2, 0.25) is 0 Å². The van der Waals surface area contributed by atoms with Crippen LogP contribution in [0.4, 0.5) is 0 Å². The molecule has 0 aliphatic carbocycles. The number of benzene rings is 1. The van der Waals surface area contributed by atoms with Crippen LogP contribution in [0.5, 0.6) is 0 Å². The molecule has 1 fully saturated rings. The second-order valence-corrected chi connectivity index (χ2v) is 7.30. The van der Waals surface area contributed by atoms with Gasteiger partial charge in [-0.1, -0.05) is 12.1 Å². The van der Waals surface area contributed by atoms with Gasteiger partial charge in [0.1, 0.15) is 0 Å². The van der Waals surface area contributed by atoms with Crippen molar-refractivity contribution in [2.75, 3.05) is 44.7 Å². The van der Waals surface area contributed by atoms with E-state index in [0.717, 1.165) is 42.8 Å². The van der Waals surface area contributed by atoms with E-state index in [1.807, 2.05) is 29.2 Å². The first-order chi connectivity index (χ1) is 9.58. The molecule has 2 rings (SSSR count). The zero-order valence-corrected chi connectivity index (χ0v) is 14.0. The number of halogens is 1. The molecule has 0 saturated carbocycles. The van der Waals surface area contributed by atoms with Gasteiger partial charge in [0.25, 0.3) is 5.91 Å². The first-order valence-electron chi connectivity index (χ1n) is 6.64. The highest BCUT2D eigenvalue weighted by Gasteiger charge is 2.23. The molecule has 1 aliphatic rings. The fourth-order valence-electron chi connectivity index (χ4n) is 2.24. The SMILES string of the molecule is C[S@@](=O)CCN1CCN(C(=O)c2ccccc2Br)CC1. The van der Waals surface area contributed by atoms with E-state index in [2.05, 4.69) is 20.8 Å². The Morgan fingerprint density at radius 1 is 1.25 bits per heavy atom. The van der Waals surface area contributed by atoms with E-state index in [1.54, 1.807) is 6.26 Å². The molecule has 1 aliphatic heterocycles. The number of carbonyl (C=O) groups excluding carboxylic acids is 1. The molecule has 0 spiro atoms. The van der Waals surface area contributed by atoms with Gasteiger partial charge in [-0.05, 0) is 28.1 Å². The van der Waals surface area contributed by atoms with Crippen molar-refractivity contribution >= 4 is 32.6 Å². The maximum Gasteiger partial charge on any atom is 0.255 e. The number of carbonyl (C=O) groups is 1. The van der Waals surface area contributed by atoms with Crippen molar-refractivity contribution in [3.8, 4) is 0 Å².